The summed E-state index contributed by atoms with van der Waals surface area (Å²) in [6, 6.07) is 0. The maximum absolute atomic E-state index is 3.26. The highest BCUT2D eigenvalue weighted by Crippen LogP contribution is 1.79. The number of allylic oxidation sites excluding steroid dienone is 6. The average Bonchev–Trinajstić information content (AvgIpc) is 2.03. The van der Waals surface area contributed by atoms with Crippen LogP contribution in [0.15, 0.2) is 36.5 Å². The summed E-state index contributed by atoms with van der Waals surface area (Å²) in [7, 11) is 0. The van der Waals surface area contributed by atoms with Crippen LogP contribution >= 0.6 is 15.9 Å². The van der Waals surface area contributed by atoms with Crippen molar-refractivity contribution in [3.05, 3.63) is 36.5 Å². The summed E-state index contributed by atoms with van der Waals surface area (Å²) in [6.07, 6.45) is 11.4. The minimum absolute atomic E-state index is 0.861. The van der Waals surface area contributed by atoms with E-state index in [4.69, 9.17) is 0 Å². The van der Waals surface area contributed by atoms with Crippen LogP contribution in [0.1, 0.15) is 6.92 Å². The van der Waals surface area contributed by atoms with Crippen molar-refractivity contribution in [1.82, 2.24) is 0 Å². The van der Waals surface area contributed by atoms with Crippen molar-refractivity contribution < 1.29 is 0 Å². The van der Waals surface area contributed by atoms with E-state index in [1.807, 2.05) is 43.4 Å². The van der Waals surface area contributed by atoms with Crippen LogP contribution in [0.5, 0.6) is 0 Å². The van der Waals surface area contributed by atoms with Crippen LogP contribution in [0.25, 0.3) is 0 Å². The van der Waals surface area contributed by atoms with Gasteiger partial charge >= 0.3 is 0 Å². The second-order valence-corrected chi connectivity index (χ2v) is 2.38. The van der Waals surface area contributed by atoms with E-state index in [0.717, 1.165) is 5.33 Å². The van der Waals surface area contributed by atoms with Gasteiger partial charge in [-0.15, -0.1) is 0 Å². The lowest BCUT2D eigenvalue weighted by atomic mass is 10.4. The topological polar surface area (TPSA) is 0 Å². The van der Waals surface area contributed by atoms with Gasteiger partial charge in [0.1, 0.15) is 0 Å². The monoisotopic (exact) mass is 210 g/mol. The average molecular weight is 211 g/mol. The van der Waals surface area contributed by atoms with Gasteiger partial charge in [0.25, 0.3) is 0 Å². The Morgan fingerprint density at radius 1 is 1.18 bits per heavy atom. The van der Waals surface area contributed by atoms with Gasteiger partial charge in [-0.25, -0.2) is 0 Å². The minimum Gasteiger partial charge on any atom is -0.0883 e. The quantitative estimate of drug-likeness (QED) is 0.374. The third-order valence-electron chi connectivity index (χ3n) is 0.857. The number of hydrogen-bond donors (Lipinski definition) is 0. The fraction of sp³-hybridized carbons (Fsp3) is 0.200. The van der Waals surface area contributed by atoms with Gasteiger partial charge in [0.2, 0.25) is 0 Å². The summed E-state index contributed by atoms with van der Waals surface area (Å²) in [5.74, 6) is 5.73. The van der Waals surface area contributed by atoms with Crippen molar-refractivity contribution in [2.24, 2.45) is 0 Å². The van der Waals surface area contributed by atoms with E-state index in [9.17, 15) is 0 Å². The fourth-order valence-electron chi connectivity index (χ4n) is 0.414. The smallest absolute Gasteiger partial charge is 0.0221 e. The molecule has 0 aliphatic heterocycles. The third kappa shape index (κ3) is 9.26. The molecule has 0 fully saturated rings. The first-order valence-corrected chi connectivity index (χ1v) is 4.54. The first-order valence-electron chi connectivity index (χ1n) is 3.41. The molecule has 0 aromatic carbocycles. The van der Waals surface area contributed by atoms with Crippen LogP contribution < -0.4 is 0 Å². The fourth-order valence-corrected chi connectivity index (χ4v) is 0.601. The Morgan fingerprint density at radius 3 is 2.55 bits per heavy atom. The SMILES string of the molecule is C/C=C/C=C/C#C/C=C/CBr. The van der Waals surface area contributed by atoms with Crippen molar-refractivity contribution >= 4 is 15.9 Å². The zero-order chi connectivity index (χ0) is 8.36. The Balaban J connectivity index is 3.63. The summed E-state index contributed by atoms with van der Waals surface area (Å²) in [5.41, 5.74) is 0. The molecule has 0 rings (SSSR count). The zero-order valence-electron chi connectivity index (χ0n) is 6.55. The molecule has 0 heterocycles. The lowest BCUT2D eigenvalue weighted by molar-refractivity contribution is 1.74. The van der Waals surface area contributed by atoms with Gasteiger partial charge in [0.15, 0.2) is 0 Å². The zero-order valence-corrected chi connectivity index (χ0v) is 8.14. The van der Waals surface area contributed by atoms with E-state index in [1.54, 1.807) is 0 Å². The summed E-state index contributed by atoms with van der Waals surface area (Å²) < 4.78 is 0. The molecule has 0 spiro atoms. The first-order chi connectivity index (χ1) is 5.41. The molecule has 0 aliphatic rings. The van der Waals surface area contributed by atoms with Gasteiger partial charge in [0, 0.05) is 5.33 Å². The molecule has 0 radical (unpaired) electrons. The molecule has 0 aromatic heterocycles. The van der Waals surface area contributed by atoms with E-state index in [-0.39, 0.29) is 0 Å². The standard InChI is InChI=1S/C10H11Br/c1-2-3-4-5-6-7-8-9-10-11/h2-5,8-9H,10H2,1H3/b3-2+,5-4+,9-8+. The number of alkyl halides is 1. The van der Waals surface area contributed by atoms with Gasteiger partial charge < -0.3 is 0 Å². The third-order valence-corrected chi connectivity index (χ3v) is 1.23. The molecule has 0 N–H and O–H groups in total. The first kappa shape index (κ1) is 10.3. The molecule has 0 amide bonds. The predicted octanol–water partition coefficient (Wildman–Crippen LogP) is 3.07. The molecular formula is C10H11Br. The molecular weight excluding hydrogens is 200 g/mol. The lowest BCUT2D eigenvalue weighted by Gasteiger charge is -1.68. The number of hydrogen-bond acceptors (Lipinski definition) is 0. The van der Waals surface area contributed by atoms with Crippen LogP contribution in [0.4, 0.5) is 0 Å². The Hall–Kier alpha value is -0.740. The van der Waals surface area contributed by atoms with E-state index in [1.165, 1.54) is 0 Å². The molecule has 0 atom stereocenters. The van der Waals surface area contributed by atoms with Gasteiger partial charge in [-0.3, -0.25) is 0 Å². The normalized spacial score (nSPS) is 11.1. The number of rotatable bonds is 2. The van der Waals surface area contributed by atoms with Crippen LogP contribution in [-0.2, 0) is 0 Å². The maximum atomic E-state index is 3.26. The van der Waals surface area contributed by atoms with Gasteiger partial charge in [-0.2, -0.15) is 0 Å². The molecule has 0 aliphatic carbocycles. The van der Waals surface area contributed by atoms with Crippen molar-refractivity contribution in [1.29, 1.82) is 0 Å². The molecule has 1 heteroatoms. The second-order valence-electron chi connectivity index (χ2n) is 1.73. The summed E-state index contributed by atoms with van der Waals surface area (Å²) in [6.45, 7) is 1.97. The molecule has 0 aromatic rings. The highest BCUT2D eigenvalue weighted by Gasteiger charge is 1.61. The van der Waals surface area contributed by atoms with E-state index in [2.05, 4.69) is 27.8 Å². The lowest BCUT2D eigenvalue weighted by Crippen LogP contribution is -1.55. The van der Waals surface area contributed by atoms with E-state index >= 15 is 0 Å². The van der Waals surface area contributed by atoms with Crippen LogP contribution in [0.2, 0.25) is 0 Å². The Labute approximate surface area is 76.8 Å². The highest BCUT2D eigenvalue weighted by molar-refractivity contribution is 9.09. The summed E-state index contributed by atoms with van der Waals surface area (Å²) in [5, 5.41) is 0.861. The molecule has 0 saturated carbocycles. The molecule has 0 nitrogen and oxygen atoms in total. The number of halogens is 1. The van der Waals surface area contributed by atoms with E-state index < -0.39 is 0 Å². The summed E-state index contributed by atoms with van der Waals surface area (Å²) >= 11 is 3.26. The molecule has 0 unspecified atom stereocenters. The van der Waals surface area contributed by atoms with Gasteiger partial charge in [-0.05, 0) is 19.1 Å². The van der Waals surface area contributed by atoms with Gasteiger partial charge in [0.05, 0.1) is 0 Å². The predicted molar refractivity (Wildman–Crippen MR) is 54.7 cm³/mol. The van der Waals surface area contributed by atoms with Gasteiger partial charge in [-0.1, -0.05) is 52.1 Å². The maximum Gasteiger partial charge on any atom is 0.0221 e. The van der Waals surface area contributed by atoms with Crippen molar-refractivity contribution in [2.75, 3.05) is 5.33 Å². The molecule has 58 valence electrons. The van der Waals surface area contributed by atoms with Crippen LogP contribution in [0.3, 0.4) is 0 Å². The Bertz CT molecular complexity index is 211. The van der Waals surface area contributed by atoms with Crippen molar-refractivity contribution in [3.8, 4) is 11.8 Å². The Kier molecular flexibility index (Phi) is 8.64. The van der Waals surface area contributed by atoms with Crippen LogP contribution in [0, 0.1) is 11.8 Å². The summed E-state index contributed by atoms with van der Waals surface area (Å²) in [4.78, 5) is 0. The van der Waals surface area contributed by atoms with Crippen molar-refractivity contribution in [3.63, 3.8) is 0 Å². The molecule has 0 saturated heterocycles. The van der Waals surface area contributed by atoms with Crippen LogP contribution in [-0.4, -0.2) is 5.33 Å². The Morgan fingerprint density at radius 2 is 1.91 bits per heavy atom. The van der Waals surface area contributed by atoms with E-state index in [0.29, 0.717) is 0 Å². The molecule has 0 bridgehead atoms. The van der Waals surface area contributed by atoms with Crippen molar-refractivity contribution in [2.45, 2.75) is 6.92 Å². The molecule has 11 heavy (non-hydrogen) atoms. The minimum atomic E-state index is 0.861. The largest absolute Gasteiger partial charge is 0.0883 e. The second kappa shape index (κ2) is 9.26. The highest BCUT2D eigenvalue weighted by atomic mass is 79.9.